The lowest BCUT2D eigenvalue weighted by molar-refractivity contribution is -0.120. The van der Waals surface area contributed by atoms with Crippen molar-refractivity contribution < 1.29 is 14.6 Å². The van der Waals surface area contributed by atoms with Gasteiger partial charge in [0.25, 0.3) is 0 Å². The highest BCUT2D eigenvalue weighted by atomic mass is 16.5. The van der Waals surface area contributed by atoms with E-state index in [1.807, 2.05) is 38.4 Å². The number of para-hydroxylation sites is 1. The van der Waals surface area contributed by atoms with E-state index in [9.17, 15) is 9.90 Å². The Bertz CT molecular complexity index is 669. The fourth-order valence-electron chi connectivity index (χ4n) is 2.58. The topological polar surface area (TPSA) is 61.8 Å². The first-order valence-corrected chi connectivity index (χ1v) is 7.85. The molecule has 0 aliphatic heterocycles. The zero-order chi connectivity index (χ0) is 17.5. The summed E-state index contributed by atoms with van der Waals surface area (Å²) >= 11 is 0. The SMILES string of the molecule is COc1ccccc1C(CNC(=O)Cc1ccc(O)cc1)N(C)C. The van der Waals surface area contributed by atoms with Gasteiger partial charge in [-0.3, -0.25) is 4.79 Å². The molecule has 24 heavy (non-hydrogen) atoms. The molecule has 0 spiro atoms. The van der Waals surface area contributed by atoms with Crippen LogP contribution in [0.3, 0.4) is 0 Å². The lowest BCUT2D eigenvalue weighted by Crippen LogP contribution is -2.35. The zero-order valence-electron chi connectivity index (χ0n) is 14.3. The molecule has 0 fully saturated rings. The Balaban J connectivity index is 2.01. The van der Waals surface area contributed by atoms with Gasteiger partial charge in [-0.1, -0.05) is 30.3 Å². The highest BCUT2D eigenvalue weighted by Crippen LogP contribution is 2.27. The van der Waals surface area contributed by atoms with Crippen molar-refractivity contribution in [2.24, 2.45) is 0 Å². The molecule has 0 heterocycles. The number of nitrogens with zero attached hydrogens (tertiary/aromatic N) is 1. The Hall–Kier alpha value is -2.53. The van der Waals surface area contributed by atoms with Gasteiger partial charge in [-0.25, -0.2) is 0 Å². The number of benzene rings is 2. The van der Waals surface area contributed by atoms with Crippen molar-refractivity contribution in [1.82, 2.24) is 10.2 Å². The number of carbonyl (C=O) groups is 1. The molecule has 2 aromatic carbocycles. The molecule has 0 saturated heterocycles. The predicted molar refractivity (Wildman–Crippen MR) is 94.2 cm³/mol. The predicted octanol–water partition coefficient (Wildman–Crippen LogP) is 2.36. The number of aromatic hydroxyl groups is 1. The summed E-state index contributed by atoms with van der Waals surface area (Å²) in [6, 6.07) is 14.5. The van der Waals surface area contributed by atoms with E-state index in [2.05, 4.69) is 10.2 Å². The lowest BCUT2D eigenvalue weighted by Gasteiger charge is -2.26. The molecule has 5 nitrogen and oxygen atoms in total. The highest BCUT2D eigenvalue weighted by Gasteiger charge is 2.19. The molecule has 1 unspecified atom stereocenters. The Labute approximate surface area is 142 Å². The minimum Gasteiger partial charge on any atom is -0.508 e. The van der Waals surface area contributed by atoms with E-state index in [4.69, 9.17) is 4.74 Å². The quantitative estimate of drug-likeness (QED) is 0.819. The van der Waals surface area contributed by atoms with Gasteiger partial charge in [0.05, 0.1) is 19.6 Å². The number of hydrogen-bond donors (Lipinski definition) is 2. The van der Waals surface area contributed by atoms with Gasteiger partial charge >= 0.3 is 0 Å². The maximum Gasteiger partial charge on any atom is 0.224 e. The van der Waals surface area contributed by atoms with Gasteiger partial charge in [-0.05, 0) is 37.9 Å². The number of likely N-dealkylation sites (N-methyl/N-ethyl adjacent to an activating group) is 1. The molecular formula is C19H24N2O3. The van der Waals surface area contributed by atoms with Crippen molar-refractivity contribution in [1.29, 1.82) is 0 Å². The first-order chi connectivity index (χ1) is 11.5. The molecule has 0 aromatic heterocycles. The van der Waals surface area contributed by atoms with E-state index in [0.717, 1.165) is 16.9 Å². The zero-order valence-corrected chi connectivity index (χ0v) is 14.3. The lowest BCUT2D eigenvalue weighted by atomic mass is 10.0. The van der Waals surface area contributed by atoms with Gasteiger partial charge in [-0.2, -0.15) is 0 Å². The van der Waals surface area contributed by atoms with E-state index in [-0.39, 0.29) is 24.1 Å². The van der Waals surface area contributed by atoms with Crippen LogP contribution in [-0.2, 0) is 11.2 Å². The summed E-state index contributed by atoms with van der Waals surface area (Å²) < 4.78 is 5.43. The number of amides is 1. The molecule has 1 amide bonds. The van der Waals surface area contributed by atoms with E-state index in [1.165, 1.54) is 0 Å². The second kappa shape index (κ2) is 8.36. The fraction of sp³-hybridized carbons (Fsp3) is 0.316. The molecule has 0 bridgehead atoms. The van der Waals surface area contributed by atoms with Crippen LogP contribution in [0.25, 0.3) is 0 Å². The van der Waals surface area contributed by atoms with E-state index in [1.54, 1.807) is 31.4 Å². The van der Waals surface area contributed by atoms with E-state index in [0.29, 0.717) is 6.54 Å². The second-order valence-electron chi connectivity index (χ2n) is 5.87. The average molecular weight is 328 g/mol. The van der Waals surface area contributed by atoms with Gasteiger partial charge in [0.1, 0.15) is 11.5 Å². The molecule has 2 N–H and O–H groups in total. The van der Waals surface area contributed by atoms with Gasteiger partial charge in [-0.15, -0.1) is 0 Å². The first-order valence-electron chi connectivity index (χ1n) is 7.85. The third-order valence-electron chi connectivity index (χ3n) is 3.91. The third-order valence-corrected chi connectivity index (χ3v) is 3.91. The van der Waals surface area contributed by atoms with Crippen molar-refractivity contribution in [2.45, 2.75) is 12.5 Å². The first kappa shape index (κ1) is 17.8. The Morgan fingerprint density at radius 1 is 1.17 bits per heavy atom. The highest BCUT2D eigenvalue weighted by molar-refractivity contribution is 5.78. The van der Waals surface area contributed by atoms with Crippen LogP contribution in [0.15, 0.2) is 48.5 Å². The largest absolute Gasteiger partial charge is 0.508 e. The Kier molecular flexibility index (Phi) is 6.21. The van der Waals surface area contributed by atoms with E-state index < -0.39 is 0 Å². The van der Waals surface area contributed by atoms with Crippen LogP contribution in [0.2, 0.25) is 0 Å². The van der Waals surface area contributed by atoms with Crippen molar-refractivity contribution >= 4 is 5.91 Å². The smallest absolute Gasteiger partial charge is 0.224 e. The Morgan fingerprint density at radius 2 is 1.83 bits per heavy atom. The summed E-state index contributed by atoms with van der Waals surface area (Å²) in [6.07, 6.45) is 0.284. The molecule has 2 aromatic rings. The molecule has 5 heteroatoms. The van der Waals surface area contributed by atoms with Gasteiger partial charge in [0.15, 0.2) is 0 Å². The summed E-state index contributed by atoms with van der Waals surface area (Å²) in [4.78, 5) is 14.2. The maximum atomic E-state index is 12.2. The van der Waals surface area contributed by atoms with Crippen LogP contribution in [0.1, 0.15) is 17.2 Å². The van der Waals surface area contributed by atoms with Crippen LogP contribution in [-0.4, -0.2) is 43.7 Å². The average Bonchev–Trinajstić information content (AvgIpc) is 2.57. The second-order valence-corrected chi connectivity index (χ2v) is 5.87. The van der Waals surface area contributed by atoms with Crippen molar-refractivity contribution in [3.63, 3.8) is 0 Å². The summed E-state index contributed by atoms with van der Waals surface area (Å²) in [7, 11) is 5.60. The monoisotopic (exact) mass is 328 g/mol. The number of methoxy groups -OCH3 is 1. The number of phenols is 1. The van der Waals surface area contributed by atoms with Crippen LogP contribution in [0, 0.1) is 0 Å². The number of nitrogens with one attached hydrogen (secondary N) is 1. The number of hydrogen-bond acceptors (Lipinski definition) is 4. The third kappa shape index (κ3) is 4.73. The molecule has 0 aliphatic carbocycles. The fourth-order valence-corrected chi connectivity index (χ4v) is 2.58. The van der Waals surface area contributed by atoms with Crippen LogP contribution < -0.4 is 10.1 Å². The summed E-state index contributed by atoms with van der Waals surface area (Å²) in [5.41, 5.74) is 1.90. The van der Waals surface area contributed by atoms with Gasteiger partial charge < -0.3 is 20.1 Å². The summed E-state index contributed by atoms with van der Waals surface area (Å²) in [5.74, 6) is 0.953. The van der Waals surface area contributed by atoms with E-state index >= 15 is 0 Å². The van der Waals surface area contributed by atoms with Crippen molar-refractivity contribution in [2.75, 3.05) is 27.7 Å². The Morgan fingerprint density at radius 3 is 2.46 bits per heavy atom. The number of carbonyl (C=O) groups excluding carboxylic acids is 1. The summed E-state index contributed by atoms with van der Waals surface area (Å²) in [5, 5.41) is 12.3. The van der Waals surface area contributed by atoms with Gasteiger partial charge in [0, 0.05) is 12.1 Å². The molecule has 0 radical (unpaired) electrons. The molecule has 128 valence electrons. The minimum atomic E-state index is -0.0533. The molecule has 0 aliphatic rings. The van der Waals surface area contributed by atoms with Gasteiger partial charge in [0.2, 0.25) is 5.91 Å². The van der Waals surface area contributed by atoms with Crippen LogP contribution >= 0.6 is 0 Å². The standard InChI is InChI=1S/C19H24N2O3/c1-21(2)17(16-6-4-5-7-18(16)24-3)13-20-19(23)12-14-8-10-15(22)11-9-14/h4-11,17,22H,12-13H2,1-3H3,(H,20,23). The van der Waals surface area contributed by atoms with Crippen LogP contribution in [0.5, 0.6) is 11.5 Å². The normalized spacial score (nSPS) is 12.0. The van der Waals surface area contributed by atoms with Crippen molar-refractivity contribution in [3.8, 4) is 11.5 Å². The van der Waals surface area contributed by atoms with Crippen molar-refractivity contribution in [3.05, 3.63) is 59.7 Å². The number of phenolic OH excluding ortho intramolecular Hbond substituents is 1. The molecular weight excluding hydrogens is 304 g/mol. The number of rotatable bonds is 7. The number of ether oxygens (including phenoxy) is 1. The summed E-state index contributed by atoms with van der Waals surface area (Å²) in [6.45, 7) is 0.490. The maximum absolute atomic E-state index is 12.2. The van der Waals surface area contributed by atoms with Crippen LogP contribution in [0.4, 0.5) is 0 Å². The molecule has 0 saturated carbocycles. The molecule has 2 rings (SSSR count). The molecule has 1 atom stereocenters. The minimum absolute atomic E-state index is 0.0184.